The van der Waals surface area contributed by atoms with Gasteiger partial charge < -0.3 is 5.11 Å². The lowest BCUT2D eigenvalue weighted by Crippen LogP contribution is -2.03. The van der Waals surface area contributed by atoms with E-state index in [1.807, 2.05) is 28.9 Å². The number of hydrogen-bond donors (Lipinski definition) is 1. The Morgan fingerprint density at radius 3 is 2.78 bits per heavy atom. The van der Waals surface area contributed by atoms with Crippen LogP contribution in [0.25, 0.3) is 11.4 Å². The first-order valence-electron chi connectivity index (χ1n) is 6.06. The first-order chi connectivity index (χ1) is 8.83. The summed E-state index contributed by atoms with van der Waals surface area (Å²) in [6, 6.07) is 7.62. The van der Waals surface area contributed by atoms with E-state index in [4.69, 9.17) is 16.7 Å². The molecule has 2 rings (SSSR count). The van der Waals surface area contributed by atoms with Crippen molar-refractivity contribution in [3.8, 4) is 11.4 Å². The number of aliphatic hydroxyl groups excluding tert-OH is 1. The molecule has 0 unspecified atom stereocenters. The Morgan fingerprint density at radius 2 is 2.00 bits per heavy atom. The predicted molar refractivity (Wildman–Crippen MR) is 71.4 cm³/mol. The highest BCUT2D eigenvalue weighted by Crippen LogP contribution is 2.25. The van der Waals surface area contributed by atoms with Crippen LogP contribution in [-0.2, 0) is 6.54 Å². The zero-order valence-electron chi connectivity index (χ0n) is 10.1. The molecule has 1 heterocycles. The average molecular weight is 266 g/mol. The van der Waals surface area contributed by atoms with Crippen molar-refractivity contribution in [2.24, 2.45) is 0 Å². The van der Waals surface area contributed by atoms with Crippen LogP contribution in [0.15, 0.2) is 30.6 Å². The normalized spacial score (nSPS) is 10.8. The van der Waals surface area contributed by atoms with Gasteiger partial charge in [-0.3, -0.25) is 0 Å². The first kappa shape index (κ1) is 13.1. The van der Waals surface area contributed by atoms with Crippen LogP contribution in [0.3, 0.4) is 0 Å². The molecule has 0 bridgehead atoms. The summed E-state index contributed by atoms with van der Waals surface area (Å²) < 4.78 is 1.86. The third-order valence-corrected chi connectivity index (χ3v) is 3.09. The summed E-state index contributed by atoms with van der Waals surface area (Å²) in [7, 11) is 0. The number of benzene rings is 1. The molecule has 0 saturated heterocycles. The second kappa shape index (κ2) is 6.52. The molecule has 0 aliphatic rings. The van der Waals surface area contributed by atoms with Crippen molar-refractivity contribution in [3.05, 3.63) is 35.6 Å². The lowest BCUT2D eigenvalue weighted by molar-refractivity contribution is 0.281. The molecule has 1 N–H and O–H groups in total. The van der Waals surface area contributed by atoms with Gasteiger partial charge in [0, 0.05) is 18.7 Å². The first-order valence-corrected chi connectivity index (χ1v) is 6.44. The molecule has 5 heteroatoms. The number of unbranched alkanes of at least 4 members (excludes halogenated alkanes) is 2. The molecule has 0 aliphatic carbocycles. The summed E-state index contributed by atoms with van der Waals surface area (Å²) >= 11 is 6.16. The second-order valence-corrected chi connectivity index (χ2v) is 4.48. The monoisotopic (exact) mass is 265 g/mol. The van der Waals surface area contributed by atoms with Crippen LogP contribution in [0.4, 0.5) is 0 Å². The third-order valence-electron chi connectivity index (χ3n) is 2.76. The molecule has 18 heavy (non-hydrogen) atoms. The molecule has 1 aromatic heterocycles. The SMILES string of the molecule is OCCCCCn1ncnc1-c1ccccc1Cl. The Labute approximate surface area is 111 Å². The molecule has 0 fully saturated rings. The maximum Gasteiger partial charge on any atom is 0.159 e. The van der Waals surface area contributed by atoms with E-state index in [0.717, 1.165) is 37.2 Å². The van der Waals surface area contributed by atoms with Gasteiger partial charge in [0.1, 0.15) is 6.33 Å². The molecule has 0 spiro atoms. The molecule has 1 aromatic carbocycles. The topological polar surface area (TPSA) is 50.9 Å². The molecule has 0 radical (unpaired) electrons. The van der Waals surface area contributed by atoms with Crippen LogP contribution in [0.2, 0.25) is 5.02 Å². The molecule has 4 nitrogen and oxygen atoms in total. The van der Waals surface area contributed by atoms with Gasteiger partial charge in [0.05, 0.1) is 5.02 Å². The van der Waals surface area contributed by atoms with Gasteiger partial charge in [0.25, 0.3) is 0 Å². The number of nitrogens with zero attached hydrogens (tertiary/aromatic N) is 3. The molecular weight excluding hydrogens is 250 g/mol. The fourth-order valence-electron chi connectivity index (χ4n) is 1.83. The predicted octanol–water partition coefficient (Wildman–Crippen LogP) is 2.76. The van der Waals surface area contributed by atoms with E-state index < -0.39 is 0 Å². The smallest absolute Gasteiger partial charge is 0.159 e. The fourth-order valence-corrected chi connectivity index (χ4v) is 2.05. The molecule has 96 valence electrons. The quantitative estimate of drug-likeness (QED) is 0.817. The van der Waals surface area contributed by atoms with Crippen LogP contribution in [0, 0.1) is 0 Å². The van der Waals surface area contributed by atoms with Crippen molar-refractivity contribution in [1.29, 1.82) is 0 Å². The van der Waals surface area contributed by atoms with Gasteiger partial charge in [-0.25, -0.2) is 9.67 Å². The molecule has 0 aliphatic heterocycles. The van der Waals surface area contributed by atoms with Crippen LogP contribution < -0.4 is 0 Å². The fraction of sp³-hybridized carbons (Fsp3) is 0.385. The number of aliphatic hydroxyl groups is 1. The van der Waals surface area contributed by atoms with Crippen LogP contribution in [0.5, 0.6) is 0 Å². The Morgan fingerprint density at radius 1 is 1.17 bits per heavy atom. The van der Waals surface area contributed by atoms with E-state index in [1.165, 1.54) is 0 Å². The number of aromatic nitrogens is 3. The Bertz CT molecular complexity index is 498. The van der Waals surface area contributed by atoms with Crippen LogP contribution in [0.1, 0.15) is 19.3 Å². The zero-order chi connectivity index (χ0) is 12.8. The second-order valence-electron chi connectivity index (χ2n) is 4.07. The summed E-state index contributed by atoms with van der Waals surface area (Å²) in [6.45, 7) is 1.04. The minimum atomic E-state index is 0.245. The van der Waals surface area contributed by atoms with Crippen molar-refractivity contribution in [2.45, 2.75) is 25.8 Å². The lowest BCUT2D eigenvalue weighted by atomic mass is 10.2. The van der Waals surface area contributed by atoms with Crippen molar-refractivity contribution >= 4 is 11.6 Å². The van der Waals surface area contributed by atoms with Crippen LogP contribution >= 0.6 is 11.6 Å². The number of halogens is 1. The van der Waals surface area contributed by atoms with Crippen molar-refractivity contribution < 1.29 is 5.11 Å². The van der Waals surface area contributed by atoms with Gasteiger partial charge in [0.2, 0.25) is 0 Å². The van der Waals surface area contributed by atoms with E-state index >= 15 is 0 Å². The molecule has 0 saturated carbocycles. The van der Waals surface area contributed by atoms with E-state index in [0.29, 0.717) is 5.02 Å². The minimum Gasteiger partial charge on any atom is -0.396 e. The highest BCUT2D eigenvalue weighted by molar-refractivity contribution is 6.33. The highest BCUT2D eigenvalue weighted by Gasteiger charge is 2.09. The molecule has 0 amide bonds. The largest absolute Gasteiger partial charge is 0.396 e. The van der Waals surface area contributed by atoms with Gasteiger partial charge in [-0.2, -0.15) is 5.10 Å². The van der Waals surface area contributed by atoms with Crippen molar-refractivity contribution in [3.63, 3.8) is 0 Å². The van der Waals surface area contributed by atoms with Gasteiger partial charge >= 0.3 is 0 Å². The van der Waals surface area contributed by atoms with Crippen LogP contribution in [-0.4, -0.2) is 26.5 Å². The lowest BCUT2D eigenvalue weighted by Gasteiger charge is -2.07. The Balaban J connectivity index is 2.10. The van der Waals surface area contributed by atoms with Gasteiger partial charge in [-0.1, -0.05) is 23.7 Å². The van der Waals surface area contributed by atoms with E-state index in [9.17, 15) is 0 Å². The molecular formula is C13H16ClN3O. The number of aryl methyl sites for hydroxylation is 1. The van der Waals surface area contributed by atoms with E-state index in [2.05, 4.69) is 10.1 Å². The van der Waals surface area contributed by atoms with E-state index in [-0.39, 0.29) is 6.61 Å². The van der Waals surface area contributed by atoms with E-state index in [1.54, 1.807) is 6.33 Å². The maximum absolute atomic E-state index is 8.74. The molecule has 2 aromatic rings. The standard InChI is InChI=1S/C13H16ClN3O/c14-12-7-3-2-6-11(12)13-15-10-16-17(13)8-4-1-5-9-18/h2-3,6-7,10,18H,1,4-5,8-9H2. The maximum atomic E-state index is 8.74. The summed E-state index contributed by atoms with van der Waals surface area (Å²) in [6.07, 6.45) is 4.33. The number of hydrogen-bond acceptors (Lipinski definition) is 3. The van der Waals surface area contributed by atoms with Gasteiger partial charge in [0.15, 0.2) is 5.82 Å². The molecule has 0 atom stereocenters. The zero-order valence-corrected chi connectivity index (χ0v) is 10.8. The van der Waals surface area contributed by atoms with Gasteiger partial charge in [-0.05, 0) is 31.4 Å². The number of rotatable bonds is 6. The van der Waals surface area contributed by atoms with Gasteiger partial charge in [-0.15, -0.1) is 0 Å². The average Bonchev–Trinajstić information content (AvgIpc) is 2.83. The highest BCUT2D eigenvalue weighted by atomic mass is 35.5. The Hall–Kier alpha value is -1.39. The van der Waals surface area contributed by atoms with Crippen molar-refractivity contribution in [2.75, 3.05) is 6.61 Å². The summed E-state index contributed by atoms with van der Waals surface area (Å²) in [5, 5.41) is 13.6. The summed E-state index contributed by atoms with van der Waals surface area (Å²) in [5.41, 5.74) is 0.902. The Kier molecular flexibility index (Phi) is 4.73. The minimum absolute atomic E-state index is 0.245. The third kappa shape index (κ3) is 3.09. The summed E-state index contributed by atoms with van der Waals surface area (Å²) in [4.78, 5) is 4.26. The van der Waals surface area contributed by atoms with Crippen molar-refractivity contribution in [1.82, 2.24) is 14.8 Å². The summed E-state index contributed by atoms with van der Waals surface area (Å²) in [5.74, 6) is 0.796.